The molecule has 0 spiro atoms. The Kier molecular flexibility index (Phi) is 8.90. The van der Waals surface area contributed by atoms with E-state index in [-0.39, 0.29) is 11.7 Å². The molecule has 0 saturated carbocycles. The Morgan fingerprint density at radius 2 is 1.82 bits per heavy atom. The number of aromatic nitrogens is 2. The van der Waals surface area contributed by atoms with Gasteiger partial charge in [0.25, 0.3) is 5.91 Å². The van der Waals surface area contributed by atoms with Gasteiger partial charge in [-0.25, -0.2) is 14.4 Å². The number of rotatable bonds is 9. The molecule has 1 aliphatic heterocycles. The summed E-state index contributed by atoms with van der Waals surface area (Å²) in [6.45, 7) is 4.01. The van der Waals surface area contributed by atoms with Crippen molar-refractivity contribution in [3.63, 3.8) is 0 Å². The molecule has 1 fully saturated rings. The van der Waals surface area contributed by atoms with Gasteiger partial charge in [0.2, 0.25) is 5.95 Å². The molecule has 40 heavy (non-hydrogen) atoms. The number of hydrogen-bond acceptors (Lipinski definition) is 8. The minimum Gasteiger partial charge on any atom is -0.495 e. The van der Waals surface area contributed by atoms with Crippen molar-refractivity contribution in [3.8, 4) is 17.0 Å². The molecular formula is C30H30FN5O3S. The summed E-state index contributed by atoms with van der Waals surface area (Å²) in [6, 6.07) is 19.1. The van der Waals surface area contributed by atoms with Crippen LogP contribution in [0.4, 0.5) is 21.7 Å². The molecular weight excluding hydrogens is 529 g/mol. The van der Waals surface area contributed by atoms with Gasteiger partial charge in [-0.1, -0.05) is 6.07 Å². The van der Waals surface area contributed by atoms with Gasteiger partial charge in [0.05, 0.1) is 36.6 Å². The molecule has 1 aromatic heterocycles. The van der Waals surface area contributed by atoms with Crippen molar-refractivity contribution in [1.29, 1.82) is 0 Å². The summed E-state index contributed by atoms with van der Waals surface area (Å²) in [5.41, 5.74) is 4.44. The van der Waals surface area contributed by atoms with E-state index in [4.69, 9.17) is 9.47 Å². The van der Waals surface area contributed by atoms with Gasteiger partial charge >= 0.3 is 0 Å². The second-order valence-corrected chi connectivity index (χ2v) is 10.0. The number of hydrogen-bond donors (Lipinski definition) is 2. The predicted molar refractivity (Wildman–Crippen MR) is 156 cm³/mol. The van der Waals surface area contributed by atoms with Gasteiger partial charge in [-0.2, -0.15) is 0 Å². The van der Waals surface area contributed by atoms with Crippen LogP contribution in [0, 0.1) is 5.82 Å². The molecule has 0 aliphatic carbocycles. The molecule has 2 N–H and O–H groups in total. The summed E-state index contributed by atoms with van der Waals surface area (Å²) in [5, 5.41) is 6.17. The zero-order valence-corrected chi connectivity index (χ0v) is 23.1. The highest BCUT2D eigenvalue weighted by Gasteiger charge is 2.15. The maximum Gasteiger partial charge on any atom is 0.255 e. The molecule has 1 amide bonds. The highest BCUT2D eigenvalue weighted by molar-refractivity contribution is 7.98. The average Bonchev–Trinajstić information content (AvgIpc) is 2.98. The van der Waals surface area contributed by atoms with E-state index < -0.39 is 0 Å². The third kappa shape index (κ3) is 6.77. The van der Waals surface area contributed by atoms with Crippen LogP contribution in [0.1, 0.15) is 15.9 Å². The summed E-state index contributed by atoms with van der Waals surface area (Å²) in [4.78, 5) is 25.3. The molecule has 1 aliphatic rings. The lowest BCUT2D eigenvalue weighted by atomic mass is 10.1. The lowest BCUT2D eigenvalue weighted by molar-refractivity contribution is 0.0342. The number of anilines is 3. The van der Waals surface area contributed by atoms with Crippen molar-refractivity contribution in [2.75, 3.05) is 50.3 Å². The molecule has 10 heteroatoms. The van der Waals surface area contributed by atoms with Crippen LogP contribution >= 0.6 is 11.8 Å². The minimum atomic E-state index is -0.301. The Balaban J connectivity index is 1.27. The van der Waals surface area contributed by atoms with Crippen LogP contribution < -0.4 is 15.4 Å². The fraction of sp³-hybridized carbons (Fsp3) is 0.233. The predicted octanol–water partition coefficient (Wildman–Crippen LogP) is 5.84. The summed E-state index contributed by atoms with van der Waals surface area (Å²) >= 11 is 1.52. The summed E-state index contributed by atoms with van der Waals surface area (Å²) in [6.07, 6.45) is 3.68. The zero-order chi connectivity index (χ0) is 27.9. The van der Waals surface area contributed by atoms with Crippen LogP contribution in [0.3, 0.4) is 0 Å². The van der Waals surface area contributed by atoms with Gasteiger partial charge < -0.3 is 20.1 Å². The first-order valence-corrected chi connectivity index (χ1v) is 14.1. The molecule has 0 radical (unpaired) electrons. The van der Waals surface area contributed by atoms with E-state index in [9.17, 15) is 9.18 Å². The fourth-order valence-corrected chi connectivity index (χ4v) is 4.91. The quantitative estimate of drug-likeness (QED) is 0.247. The Labute approximate surface area is 236 Å². The van der Waals surface area contributed by atoms with Crippen molar-refractivity contribution in [2.45, 2.75) is 11.4 Å². The van der Waals surface area contributed by atoms with Gasteiger partial charge in [-0.3, -0.25) is 9.69 Å². The Bertz CT molecular complexity index is 1460. The number of halogens is 1. The lowest BCUT2D eigenvalue weighted by Gasteiger charge is -2.26. The molecule has 2 heterocycles. The van der Waals surface area contributed by atoms with Crippen molar-refractivity contribution in [3.05, 3.63) is 89.9 Å². The molecule has 0 bridgehead atoms. The van der Waals surface area contributed by atoms with E-state index in [0.29, 0.717) is 28.6 Å². The highest BCUT2D eigenvalue weighted by atomic mass is 32.2. The number of nitrogens with zero attached hydrogens (tertiary/aromatic N) is 3. The number of thioether (sulfide) groups is 1. The minimum absolute atomic E-state index is 0.243. The van der Waals surface area contributed by atoms with E-state index in [1.165, 1.54) is 23.9 Å². The number of morpholine rings is 1. The Morgan fingerprint density at radius 1 is 1.07 bits per heavy atom. The van der Waals surface area contributed by atoms with Gasteiger partial charge in [-0.15, -0.1) is 11.8 Å². The molecule has 8 nitrogen and oxygen atoms in total. The van der Waals surface area contributed by atoms with E-state index in [1.54, 1.807) is 49.7 Å². The van der Waals surface area contributed by atoms with Crippen molar-refractivity contribution in [2.24, 2.45) is 0 Å². The molecule has 0 unspecified atom stereocenters. The van der Waals surface area contributed by atoms with Crippen molar-refractivity contribution >= 4 is 35.0 Å². The number of amides is 1. The first-order valence-electron chi connectivity index (χ1n) is 12.8. The van der Waals surface area contributed by atoms with Crippen LogP contribution in [0.2, 0.25) is 0 Å². The number of benzene rings is 3. The number of methoxy groups -OCH3 is 1. The number of nitrogens with one attached hydrogen (secondary N) is 2. The standard InChI is InChI=1S/C30H30FN5O3S/c1-38-26-12-3-20(19-36-13-15-39-16-14-36)17-25(26)34-29(37)22-6-10-24(11-7-22)33-30-32-18-27(40-2)28(35-30)21-4-8-23(31)9-5-21/h3-12,17-18H,13-16,19H2,1-2H3,(H,34,37)(H,32,33,35). The first-order chi connectivity index (χ1) is 19.5. The summed E-state index contributed by atoms with van der Waals surface area (Å²) in [5.74, 6) is 0.453. The second kappa shape index (κ2) is 12.9. The van der Waals surface area contributed by atoms with E-state index >= 15 is 0 Å². The maximum atomic E-state index is 13.4. The monoisotopic (exact) mass is 559 g/mol. The van der Waals surface area contributed by atoms with Gasteiger partial charge in [0, 0.05) is 42.6 Å². The van der Waals surface area contributed by atoms with E-state index in [1.807, 2.05) is 24.5 Å². The normalized spacial score (nSPS) is 13.6. The maximum absolute atomic E-state index is 13.4. The van der Waals surface area contributed by atoms with Crippen molar-refractivity contribution < 1.29 is 18.7 Å². The molecule has 206 valence electrons. The average molecular weight is 560 g/mol. The molecule has 3 aromatic carbocycles. The summed E-state index contributed by atoms with van der Waals surface area (Å²) < 4.78 is 24.3. The zero-order valence-electron chi connectivity index (χ0n) is 22.3. The topological polar surface area (TPSA) is 88.6 Å². The lowest BCUT2D eigenvalue weighted by Crippen LogP contribution is -2.35. The van der Waals surface area contributed by atoms with E-state index in [2.05, 4.69) is 25.5 Å². The third-order valence-corrected chi connectivity index (χ3v) is 7.26. The van der Waals surface area contributed by atoms with Crippen molar-refractivity contribution in [1.82, 2.24) is 14.9 Å². The summed E-state index contributed by atoms with van der Waals surface area (Å²) in [7, 11) is 1.59. The highest BCUT2D eigenvalue weighted by Crippen LogP contribution is 2.30. The second-order valence-electron chi connectivity index (χ2n) is 9.20. The third-order valence-electron chi connectivity index (χ3n) is 6.52. The first kappa shape index (κ1) is 27.6. The smallest absolute Gasteiger partial charge is 0.255 e. The van der Waals surface area contributed by atoms with Gasteiger partial charge in [-0.05, 0) is 72.5 Å². The van der Waals surface area contributed by atoms with Crippen LogP contribution in [0.25, 0.3) is 11.3 Å². The van der Waals surface area contributed by atoms with Gasteiger partial charge in [0.15, 0.2) is 0 Å². The van der Waals surface area contributed by atoms with E-state index in [0.717, 1.165) is 54.6 Å². The molecule has 4 aromatic rings. The number of ether oxygens (including phenoxy) is 2. The molecule has 5 rings (SSSR count). The SMILES string of the molecule is COc1ccc(CN2CCOCC2)cc1NC(=O)c1ccc(Nc2ncc(SC)c(-c3ccc(F)cc3)n2)cc1. The fourth-order valence-electron chi connectivity index (χ4n) is 4.39. The van der Waals surface area contributed by atoms with Gasteiger partial charge in [0.1, 0.15) is 11.6 Å². The Hall–Kier alpha value is -3.99. The van der Waals surface area contributed by atoms with Crippen LogP contribution in [-0.2, 0) is 11.3 Å². The van der Waals surface area contributed by atoms with Crippen LogP contribution in [0.15, 0.2) is 77.8 Å². The Morgan fingerprint density at radius 3 is 2.52 bits per heavy atom. The number of carbonyl (C=O) groups is 1. The largest absolute Gasteiger partial charge is 0.495 e. The van der Waals surface area contributed by atoms with Crippen LogP contribution in [0.5, 0.6) is 5.75 Å². The molecule has 0 atom stereocenters. The molecule has 1 saturated heterocycles. The van der Waals surface area contributed by atoms with Crippen LogP contribution in [-0.4, -0.2) is 60.4 Å². The number of carbonyl (C=O) groups excluding carboxylic acids is 1.